The first-order valence-corrected chi connectivity index (χ1v) is 9.04. The third-order valence-corrected chi connectivity index (χ3v) is 5.27. The molecule has 6 nitrogen and oxygen atoms in total. The molecule has 2 rings (SSSR count). The van der Waals surface area contributed by atoms with Crippen LogP contribution < -0.4 is 5.32 Å². The van der Waals surface area contributed by atoms with Crippen LogP contribution in [0.3, 0.4) is 0 Å². The van der Waals surface area contributed by atoms with Crippen molar-refractivity contribution in [2.24, 2.45) is 5.92 Å². The van der Waals surface area contributed by atoms with E-state index < -0.39 is 10.8 Å². The van der Waals surface area contributed by atoms with E-state index >= 15 is 0 Å². The Balaban J connectivity index is 2.18. The van der Waals surface area contributed by atoms with Crippen LogP contribution in [0.25, 0.3) is 5.69 Å². The number of rotatable bonds is 6. The molecule has 0 fully saturated rings. The molecule has 0 saturated carbocycles. The number of thioether (sulfide) groups is 1. The number of hydrogen-bond donors (Lipinski definition) is 1. The van der Waals surface area contributed by atoms with Crippen molar-refractivity contribution < 1.29 is 4.79 Å². The molecule has 0 radical (unpaired) electrons. The molecule has 1 N–H and O–H groups in total. The first kappa shape index (κ1) is 19.0. The second-order valence-corrected chi connectivity index (χ2v) is 7.73. The van der Waals surface area contributed by atoms with Gasteiger partial charge in [-0.2, -0.15) is 5.26 Å². The molecule has 1 aromatic heterocycles. The molecule has 0 aliphatic carbocycles. The van der Waals surface area contributed by atoms with E-state index in [1.54, 1.807) is 13.8 Å². The van der Waals surface area contributed by atoms with Gasteiger partial charge in [0.15, 0.2) is 5.16 Å². The van der Waals surface area contributed by atoms with E-state index in [4.69, 9.17) is 0 Å². The maximum atomic E-state index is 12.5. The molecule has 0 bridgehead atoms. The molecule has 7 heteroatoms. The van der Waals surface area contributed by atoms with E-state index in [2.05, 4.69) is 21.6 Å². The highest BCUT2D eigenvalue weighted by atomic mass is 32.2. The predicted octanol–water partition coefficient (Wildman–Crippen LogP) is 3.11. The zero-order valence-corrected chi connectivity index (χ0v) is 16.0. The number of carbonyl (C=O) groups excluding carboxylic acids is 1. The second kappa shape index (κ2) is 7.70. The molecule has 2 atom stereocenters. The monoisotopic (exact) mass is 357 g/mol. The molecule has 0 spiro atoms. The summed E-state index contributed by atoms with van der Waals surface area (Å²) in [6.07, 6.45) is 0. The van der Waals surface area contributed by atoms with Crippen LogP contribution in [0.5, 0.6) is 0 Å². The molecule has 2 aromatic rings. The Morgan fingerprint density at radius 3 is 2.48 bits per heavy atom. The summed E-state index contributed by atoms with van der Waals surface area (Å²) in [5.41, 5.74) is 0.0544. The Morgan fingerprint density at radius 2 is 1.92 bits per heavy atom. The maximum Gasteiger partial charge on any atom is 0.234 e. The Hall–Kier alpha value is -2.33. The fourth-order valence-electron chi connectivity index (χ4n) is 2.16. The highest BCUT2D eigenvalue weighted by Crippen LogP contribution is 2.26. The van der Waals surface area contributed by atoms with Crippen molar-refractivity contribution in [2.45, 2.75) is 50.6 Å². The van der Waals surface area contributed by atoms with Gasteiger partial charge in [-0.1, -0.05) is 43.8 Å². The molecule has 132 valence electrons. The Bertz CT molecular complexity index is 781. The molecule has 1 heterocycles. The lowest BCUT2D eigenvalue weighted by molar-refractivity contribution is -0.121. The normalized spacial score (nSPS) is 14.6. The predicted molar refractivity (Wildman–Crippen MR) is 98.4 cm³/mol. The first-order chi connectivity index (χ1) is 11.8. The van der Waals surface area contributed by atoms with Crippen molar-refractivity contribution >= 4 is 17.7 Å². The quantitative estimate of drug-likeness (QED) is 0.803. The number of nitrogens with zero attached hydrogens (tertiary/aromatic N) is 4. The molecule has 25 heavy (non-hydrogen) atoms. The SMILES string of the molecule is Cc1nnc(SC(C)C(=O)NC(C)(C#N)C(C)C)n1-c1ccccc1. The number of amides is 1. The van der Waals surface area contributed by atoms with Crippen LogP contribution in [0.1, 0.15) is 33.5 Å². The van der Waals surface area contributed by atoms with Gasteiger partial charge in [0.1, 0.15) is 11.4 Å². The highest BCUT2D eigenvalue weighted by Gasteiger charge is 2.32. The minimum Gasteiger partial charge on any atom is -0.337 e. The first-order valence-electron chi connectivity index (χ1n) is 8.16. The minimum atomic E-state index is -0.894. The van der Waals surface area contributed by atoms with Crippen molar-refractivity contribution in [3.8, 4) is 11.8 Å². The van der Waals surface area contributed by atoms with Gasteiger partial charge in [0.25, 0.3) is 0 Å². The molecular weight excluding hydrogens is 334 g/mol. The standard InChI is InChI=1S/C18H23N5OS/c1-12(2)18(5,11-19)20-16(24)13(3)25-17-22-21-14(4)23(17)15-9-7-6-8-10-15/h6-10,12-13H,1-5H3,(H,20,24). The number of benzene rings is 1. The van der Waals surface area contributed by atoms with Crippen LogP contribution in [0, 0.1) is 24.2 Å². The number of nitrogens with one attached hydrogen (secondary N) is 1. The second-order valence-electron chi connectivity index (χ2n) is 6.42. The average Bonchev–Trinajstić information content (AvgIpc) is 2.95. The fraction of sp³-hybridized carbons (Fsp3) is 0.444. The fourth-order valence-corrected chi connectivity index (χ4v) is 3.08. The van der Waals surface area contributed by atoms with Gasteiger partial charge in [-0.05, 0) is 38.8 Å². The van der Waals surface area contributed by atoms with E-state index in [1.807, 2.05) is 55.7 Å². The number of hydrogen-bond acceptors (Lipinski definition) is 5. The zero-order valence-electron chi connectivity index (χ0n) is 15.1. The van der Waals surface area contributed by atoms with E-state index in [-0.39, 0.29) is 11.8 Å². The summed E-state index contributed by atoms with van der Waals surface area (Å²) in [7, 11) is 0. The van der Waals surface area contributed by atoms with Crippen molar-refractivity contribution in [1.29, 1.82) is 5.26 Å². The zero-order chi connectivity index (χ0) is 18.6. The molecule has 2 unspecified atom stereocenters. The molecule has 1 aromatic carbocycles. The Morgan fingerprint density at radius 1 is 1.28 bits per heavy atom. The van der Waals surface area contributed by atoms with Crippen molar-refractivity contribution in [3.63, 3.8) is 0 Å². The Kier molecular flexibility index (Phi) is 5.85. The van der Waals surface area contributed by atoms with Gasteiger partial charge < -0.3 is 5.32 Å². The van der Waals surface area contributed by atoms with E-state index in [1.165, 1.54) is 11.8 Å². The minimum absolute atomic E-state index is 0.00821. The van der Waals surface area contributed by atoms with Gasteiger partial charge in [0.05, 0.1) is 11.3 Å². The smallest absolute Gasteiger partial charge is 0.234 e. The van der Waals surface area contributed by atoms with Crippen LogP contribution in [-0.4, -0.2) is 31.5 Å². The number of nitriles is 1. The van der Waals surface area contributed by atoms with Crippen molar-refractivity contribution in [3.05, 3.63) is 36.2 Å². The molecule has 0 aliphatic heterocycles. The molecule has 0 saturated heterocycles. The van der Waals surface area contributed by atoms with Crippen LogP contribution >= 0.6 is 11.8 Å². The van der Waals surface area contributed by atoms with Gasteiger partial charge in [0, 0.05) is 5.69 Å². The van der Waals surface area contributed by atoms with Crippen molar-refractivity contribution in [2.75, 3.05) is 0 Å². The lowest BCUT2D eigenvalue weighted by Crippen LogP contribution is -2.51. The van der Waals surface area contributed by atoms with E-state index in [0.29, 0.717) is 5.16 Å². The van der Waals surface area contributed by atoms with Crippen LogP contribution in [0.2, 0.25) is 0 Å². The lowest BCUT2D eigenvalue weighted by atomic mass is 9.90. The van der Waals surface area contributed by atoms with Crippen molar-refractivity contribution in [1.82, 2.24) is 20.1 Å². The number of aromatic nitrogens is 3. The summed E-state index contributed by atoms with van der Waals surface area (Å²) in [6, 6.07) is 12.0. The number of aryl methyl sites for hydroxylation is 1. The lowest BCUT2D eigenvalue weighted by Gasteiger charge is -2.28. The number of carbonyl (C=O) groups is 1. The van der Waals surface area contributed by atoms with Gasteiger partial charge in [-0.15, -0.1) is 10.2 Å². The van der Waals surface area contributed by atoms with Gasteiger partial charge in [-0.3, -0.25) is 9.36 Å². The highest BCUT2D eigenvalue weighted by molar-refractivity contribution is 8.00. The van der Waals surface area contributed by atoms with Gasteiger partial charge >= 0.3 is 0 Å². The third-order valence-electron chi connectivity index (χ3n) is 4.23. The largest absolute Gasteiger partial charge is 0.337 e. The summed E-state index contributed by atoms with van der Waals surface area (Å²) in [5.74, 6) is 0.572. The summed E-state index contributed by atoms with van der Waals surface area (Å²) in [6.45, 7) is 9.24. The third kappa shape index (κ3) is 4.20. The average molecular weight is 357 g/mol. The van der Waals surface area contributed by atoms with Gasteiger partial charge in [0.2, 0.25) is 5.91 Å². The summed E-state index contributed by atoms with van der Waals surface area (Å²) >= 11 is 1.32. The number of para-hydroxylation sites is 1. The van der Waals surface area contributed by atoms with Gasteiger partial charge in [-0.25, -0.2) is 0 Å². The van der Waals surface area contributed by atoms with Crippen LogP contribution in [0.4, 0.5) is 0 Å². The van der Waals surface area contributed by atoms with E-state index in [0.717, 1.165) is 11.5 Å². The summed E-state index contributed by atoms with van der Waals surface area (Å²) < 4.78 is 1.92. The van der Waals surface area contributed by atoms with E-state index in [9.17, 15) is 10.1 Å². The van der Waals surface area contributed by atoms with Crippen LogP contribution in [0.15, 0.2) is 35.5 Å². The molecule has 1 amide bonds. The summed E-state index contributed by atoms with van der Waals surface area (Å²) in [4.78, 5) is 12.5. The summed E-state index contributed by atoms with van der Waals surface area (Å²) in [5, 5.41) is 20.8. The molecule has 0 aliphatic rings. The topological polar surface area (TPSA) is 83.6 Å². The van der Waals surface area contributed by atoms with Crippen LogP contribution in [-0.2, 0) is 4.79 Å². The maximum absolute atomic E-state index is 12.5. The molecular formula is C18H23N5OS. The Labute approximate surface area is 152 Å².